The van der Waals surface area contributed by atoms with Gasteiger partial charge in [0.15, 0.2) is 0 Å². The zero-order valence-corrected chi connectivity index (χ0v) is 11.0. The van der Waals surface area contributed by atoms with Crippen LogP contribution in [0.25, 0.3) is 0 Å². The summed E-state index contributed by atoms with van der Waals surface area (Å²) in [5.74, 6) is -0.0388. The number of hydrogen-bond donors (Lipinski definition) is 2. The monoisotopic (exact) mass is 248 g/mol. The van der Waals surface area contributed by atoms with E-state index in [1.54, 1.807) is 0 Å². The van der Waals surface area contributed by atoms with Gasteiger partial charge in [0.1, 0.15) is 6.10 Å². The standard InChI is InChI=1S/C14H20N2O2/c1-10-3-4-11(2)12(7-10)8-16-14(17)13-9-15-5-6-18-13/h3-4,7,13,15H,5-6,8-9H2,1-2H3,(H,16,17). The van der Waals surface area contributed by atoms with Crippen LogP contribution in [0, 0.1) is 13.8 Å². The number of carbonyl (C=O) groups is 1. The van der Waals surface area contributed by atoms with Crippen LogP contribution in [0.2, 0.25) is 0 Å². The molecule has 1 aliphatic heterocycles. The Bertz CT molecular complexity index is 426. The van der Waals surface area contributed by atoms with Gasteiger partial charge in [-0.05, 0) is 25.0 Å². The van der Waals surface area contributed by atoms with Crippen LogP contribution in [0.15, 0.2) is 18.2 Å². The van der Waals surface area contributed by atoms with Gasteiger partial charge in [0, 0.05) is 19.6 Å². The highest BCUT2D eigenvalue weighted by atomic mass is 16.5. The van der Waals surface area contributed by atoms with E-state index in [0.29, 0.717) is 19.7 Å². The molecule has 18 heavy (non-hydrogen) atoms. The van der Waals surface area contributed by atoms with Crippen molar-refractivity contribution in [3.63, 3.8) is 0 Å². The Morgan fingerprint density at radius 1 is 1.50 bits per heavy atom. The van der Waals surface area contributed by atoms with Gasteiger partial charge in [-0.25, -0.2) is 0 Å². The fraction of sp³-hybridized carbons (Fsp3) is 0.500. The van der Waals surface area contributed by atoms with Crippen LogP contribution < -0.4 is 10.6 Å². The molecule has 0 aromatic heterocycles. The summed E-state index contributed by atoms with van der Waals surface area (Å²) >= 11 is 0. The molecule has 0 aliphatic carbocycles. The summed E-state index contributed by atoms with van der Waals surface area (Å²) in [6, 6.07) is 6.26. The van der Waals surface area contributed by atoms with Gasteiger partial charge in [0.2, 0.25) is 0 Å². The molecular weight excluding hydrogens is 228 g/mol. The highest BCUT2D eigenvalue weighted by molar-refractivity contribution is 5.81. The van der Waals surface area contributed by atoms with Crippen molar-refractivity contribution in [2.75, 3.05) is 19.7 Å². The van der Waals surface area contributed by atoms with Gasteiger partial charge in [0.25, 0.3) is 5.91 Å². The number of nitrogens with one attached hydrogen (secondary N) is 2. The third-order valence-corrected chi connectivity index (χ3v) is 3.18. The maximum atomic E-state index is 11.9. The van der Waals surface area contributed by atoms with E-state index in [0.717, 1.165) is 12.1 Å². The molecule has 0 spiro atoms. The molecule has 1 aliphatic rings. The van der Waals surface area contributed by atoms with Crippen molar-refractivity contribution in [1.82, 2.24) is 10.6 Å². The average molecular weight is 248 g/mol. The molecule has 1 aromatic carbocycles. The van der Waals surface area contributed by atoms with Crippen LogP contribution >= 0.6 is 0 Å². The lowest BCUT2D eigenvalue weighted by molar-refractivity contribution is -0.134. The summed E-state index contributed by atoms with van der Waals surface area (Å²) in [5.41, 5.74) is 3.57. The Morgan fingerprint density at radius 2 is 2.33 bits per heavy atom. The minimum Gasteiger partial charge on any atom is -0.366 e. The Morgan fingerprint density at radius 3 is 3.06 bits per heavy atom. The van der Waals surface area contributed by atoms with Gasteiger partial charge in [-0.1, -0.05) is 23.8 Å². The lowest BCUT2D eigenvalue weighted by atomic mass is 10.1. The molecule has 2 N–H and O–H groups in total. The lowest BCUT2D eigenvalue weighted by Crippen LogP contribution is -2.47. The molecular formula is C14H20N2O2. The van der Waals surface area contributed by atoms with E-state index in [4.69, 9.17) is 4.74 Å². The first-order chi connectivity index (χ1) is 8.66. The average Bonchev–Trinajstić information content (AvgIpc) is 2.40. The third-order valence-electron chi connectivity index (χ3n) is 3.18. The zero-order chi connectivity index (χ0) is 13.0. The van der Waals surface area contributed by atoms with Crippen molar-refractivity contribution in [3.8, 4) is 0 Å². The minimum atomic E-state index is -0.358. The summed E-state index contributed by atoms with van der Waals surface area (Å²) in [6.45, 7) is 6.69. The first-order valence-corrected chi connectivity index (χ1v) is 6.33. The Labute approximate surface area is 108 Å². The van der Waals surface area contributed by atoms with Crippen LogP contribution in [0.3, 0.4) is 0 Å². The fourth-order valence-corrected chi connectivity index (χ4v) is 2.02. The summed E-state index contributed by atoms with van der Waals surface area (Å²) in [7, 11) is 0. The summed E-state index contributed by atoms with van der Waals surface area (Å²) in [6.07, 6.45) is -0.358. The van der Waals surface area contributed by atoms with E-state index in [1.165, 1.54) is 11.1 Å². The Hall–Kier alpha value is -1.39. The number of amides is 1. The molecule has 2 rings (SSSR count). The van der Waals surface area contributed by atoms with Crippen LogP contribution in [0.4, 0.5) is 0 Å². The Balaban J connectivity index is 1.90. The van der Waals surface area contributed by atoms with Gasteiger partial charge in [0.05, 0.1) is 6.61 Å². The van der Waals surface area contributed by atoms with Crippen LogP contribution in [-0.4, -0.2) is 31.7 Å². The number of ether oxygens (including phenoxy) is 1. The number of rotatable bonds is 3. The van der Waals surface area contributed by atoms with Gasteiger partial charge >= 0.3 is 0 Å². The second-order valence-corrected chi connectivity index (χ2v) is 4.71. The van der Waals surface area contributed by atoms with Crippen molar-refractivity contribution >= 4 is 5.91 Å². The largest absolute Gasteiger partial charge is 0.366 e. The normalized spacial score (nSPS) is 19.6. The zero-order valence-electron chi connectivity index (χ0n) is 11.0. The lowest BCUT2D eigenvalue weighted by Gasteiger charge is -2.22. The van der Waals surface area contributed by atoms with Crippen molar-refractivity contribution < 1.29 is 9.53 Å². The highest BCUT2D eigenvalue weighted by Crippen LogP contribution is 2.10. The van der Waals surface area contributed by atoms with Gasteiger partial charge < -0.3 is 15.4 Å². The van der Waals surface area contributed by atoms with E-state index in [-0.39, 0.29) is 12.0 Å². The molecule has 4 nitrogen and oxygen atoms in total. The SMILES string of the molecule is Cc1ccc(C)c(CNC(=O)C2CNCCO2)c1. The van der Waals surface area contributed by atoms with Gasteiger partial charge in [-0.2, -0.15) is 0 Å². The highest BCUT2D eigenvalue weighted by Gasteiger charge is 2.21. The maximum absolute atomic E-state index is 11.9. The Kier molecular flexibility index (Phi) is 4.33. The smallest absolute Gasteiger partial charge is 0.250 e. The first-order valence-electron chi connectivity index (χ1n) is 6.33. The number of hydrogen-bond acceptors (Lipinski definition) is 3. The molecule has 4 heteroatoms. The molecule has 0 bridgehead atoms. The van der Waals surface area contributed by atoms with E-state index >= 15 is 0 Å². The topological polar surface area (TPSA) is 50.4 Å². The van der Waals surface area contributed by atoms with Crippen molar-refractivity contribution in [1.29, 1.82) is 0 Å². The van der Waals surface area contributed by atoms with Crippen LogP contribution in [0.1, 0.15) is 16.7 Å². The quantitative estimate of drug-likeness (QED) is 0.836. The van der Waals surface area contributed by atoms with Crippen molar-refractivity contribution in [3.05, 3.63) is 34.9 Å². The number of benzene rings is 1. The summed E-state index contributed by atoms with van der Waals surface area (Å²) in [5, 5.41) is 6.08. The second-order valence-electron chi connectivity index (χ2n) is 4.71. The molecule has 1 fully saturated rings. The predicted molar refractivity (Wildman–Crippen MR) is 70.4 cm³/mol. The molecule has 1 unspecified atom stereocenters. The fourth-order valence-electron chi connectivity index (χ4n) is 2.02. The summed E-state index contributed by atoms with van der Waals surface area (Å²) in [4.78, 5) is 11.9. The molecule has 1 saturated heterocycles. The van der Waals surface area contributed by atoms with Crippen molar-refractivity contribution in [2.45, 2.75) is 26.5 Å². The molecule has 1 heterocycles. The molecule has 1 amide bonds. The molecule has 0 saturated carbocycles. The number of carbonyl (C=O) groups excluding carboxylic acids is 1. The van der Waals surface area contributed by atoms with E-state index in [9.17, 15) is 4.79 Å². The van der Waals surface area contributed by atoms with Crippen molar-refractivity contribution in [2.24, 2.45) is 0 Å². The number of aryl methyl sites for hydroxylation is 2. The molecule has 98 valence electrons. The molecule has 1 aromatic rings. The predicted octanol–water partition coefficient (Wildman–Crippen LogP) is 0.908. The third kappa shape index (κ3) is 3.31. The second kappa shape index (κ2) is 5.98. The minimum absolute atomic E-state index is 0.0388. The van der Waals surface area contributed by atoms with Gasteiger partial charge in [-0.15, -0.1) is 0 Å². The van der Waals surface area contributed by atoms with Gasteiger partial charge in [-0.3, -0.25) is 4.79 Å². The number of morpholine rings is 1. The van der Waals surface area contributed by atoms with Crippen LogP contribution in [-0.2, 0) is 16.1 Å². The molecule has 1 atom stereocenters. The summed E-state index contributed by atoms with van der Waals surface area (Å²) < 4.78 is 5.41. The van der Waals surface area contributed by atoms with Crippen LogP contribution in [0.5, 0.6) is 0 Å². The first kappa shape index (κ1) is 13.1. The van der Waals surface area contributed by atoms with E-state index in [2.05, 4.69) is 42.7 Å². The maximum Gasteiger partial charge on any atom is 0.250 e. The van der Waals surface area contributed by atoms with E-state index < -0.39 is 0 Å². The van der Waals surface area contributed by atoms with E-state index in [1.807, 2.05) is 0 Å². The molecule has 0 radical (unpaired) electrons.